The first kappa shape index (κ1) is 13.8. The molecule has 2 aromatic rings. The van der Waals surface area contributed by atoms with Crippen LogP contribution < -0.4 is 10.8 Å². The number of rotatable bonds is 3. The van der Waals surface area contributed by atoms with Gasteiger partial charge in [-0.1, -0.05) is 0 Å². The molecule has 19 heavy (non-hydrogen) atoms. The third-order valence-electron chi connectivity index (χ3n) is 3.05. The second-order valence-electron chi connectivity index (χ2n) is 4.35. The number of hydrogen-bond acceptors (Lipinski definition) is 4. The van der Waals surface area contributed by atoms with Gasteiger partial charge in [-0.05, 0) is 48.8 Å². The van der Waals surface area contributed by atoms with Gasteiger partial charge in [0.1, 0.15) is 17.5 Å². The van der Waals surface area contributed by atoms with Crippen LogP contribution in [0.15, 0.2) is 16.6 Å². The van der Waals surface area contributed by atoms with E-state index in [1.807, 2.05) is 30.4 Å². The fourth-order valence-corrected chi connectivity index (χ4v) is 2.25. The van der Waals surface area contributed by atoms with Gasteiger partial charge in [0.2, 0.25) is 0 Å². The minimum absolute atomic E-state index is 0.505. The Hall–Kier alpha value is -1.60. The summed E-state index contributed by atoms with van der Waals surface area (Å²) in [6, 6.07) is 3.26. The highest BCUT2D eigenvalue weighted by Gasteiger charge is 2.16. The molecule has 0 aliphatic heterocycles. The summed E-state index contributed by atoms with van der Waals surface area (Å²) < 4.78 is 2.99. The van der Waals surface area contributed by atoms with Crippen molar-refractivity contribution in [3.63, 3.8) is 0 Å². The number of aryl methyl sites for hydroxylation is 2. The monoisotopic (exact) mass is 326 g/mol. The predicted molar refractivity (Wildman–Crippen MR) is 75.4 cm³/mol. The number of carbonyl (C=O) groups is 1. The summed E-state index contributed by atoms with van der Waals surface area (Å²) in [7, 11) is 0. The Labute approximate surface area is 118 Å². The molecule has 1 unspecified atom stereocenters. The van der Waals surface area contributed by atoms with Gasteiger partial charge in [-0.3, -0.25) is 14.4 Å². The number of fused-ring (bicyclic) bond motifs is 1. The van der Waals surface area contributed by atoms with Gasteiger partial charge in [0.05, 0.1) is 5.69 Å². The van der Waals surface area contributed by atoms with Crippen LogP contribution in [-0.4, -0.2) is 26.5 Å². The van der Waals surface area contributed by atoms with Gasteiger partial charge < -0.3 is 5.32 Å². The van der Waals surface area contributed by atoms with E-state index < -0.39 is 11.9 Å². The van der Waals surface area contributed by atoms with Crippen LogP contribution in [0.1, 0.15) is 18.3 Å². The molecule has 0 spiro atoms. The normalized spacial score (nSPS) is 12.5. The largest absolute Gasteiger partial charge is 0.357 e. The van der Waals surface area contributed by atoms with Crippen molar-refractivity contribution >= 4 is 33.3 Å². The van der Waals surface area contributed by atoms with Crippen LogP contribution in [0, 0.1) is 13.8 Å². The first-order valence-corrected chi connectivity index (χ1v) is 6.59. The zero-order valence-electron chi connectivity index (χ0n) is 10.9. The van der Waals surface area contributed by atoms with Gasteiger partial charge in [-0.25, -0.2) is 10.5 Å². The molecule has 3 N–H and O–H groups in total. The number of pyridine rings is 1. The number of nitrogens with zero attached hydrogens (tertiary/aromatic N) is 2. The van der Waals surface area contributed by atoms with Crippen LogP contribution in [0.25, 0.3) is 5.65 Å². The summed E-state index contributed by atoms with van der Waals surface area (Å²) >= 11 is 3.48. The van der Waals surface area contributed by atoms with E-state index in [1.54, 1.807) is 12.4 Å². The zero-order chi connectivity index (χ0) is 14.2. The van der Waals surface area contributed by atoms with Crippen molar-refractivity contribution < 1.29 is 10.0 Å². The highest BCUT2D eigenvalue weighted by molar-refractivity contribution is 9.10. The SMILES string of the molecule is Cc1c(Br)ccc2nc(NC(C)C(=O)NO)c(C)n12. The number of imidazole rings is 1. The van der Waals surface area contributed by atoms with E-state index in [0.29, 0.717) is 5.82 Å². The summed E-state index contributed by atoms with van der Waals surface area (Å²) in [5.41, 5.74) is 4.36. The number of carbonyl (C=O) groups excluding carboxylic acids is 1. The number of aromatic nitrogens is 2. The molecular weight excluding hydrogens is 312 g/mol. The molecule has 6 nitrogen and oxygen atoms in total. The van der Waals surface area contributed by atoms with Crippen molar-refractivity contribution in [2.24, 2.45) is 0 Å². The number of hydrogen-bond donors (Lipinski definition) is 3. The summed E-state index contributed by atoms with van der Waals surface area (Å²) in [6.45, 7) is 5.56. The van der Waals surface area contributed by atoms with Crippen molar-refractivity contribution in [1.82, 2.24) is 14.9 Å². The van der Waals surface area contributed by atoms with Gasteiger partial charge in [-0.2, -0.15) is 0 Å². The maximum atomic E-state index is 11.3. The van der Waals surface area contributed by atoms with Gasteiger partial charge in [-0.15, -0.1) is 0 Å². The second kappa shape index (κ2) is 5.18. The first-order valence-electron chi connectivity index (χ1n) is 5.80. The van der Waals surface area contributed by atoms with E-state index in [1.165, 1.54) is 0 Å². The Kier molecular flexibility index (Phi) is 3.77. The quantitative estimate of drug-likeness (QED) is 0.595. The molecule has 102 valence electrons. The summed E-state index contributed by atoms with van der Waals surface area (Å²) in [5, 5.41) is 11.6. The molecule has 0 aromatic carbocycles. The molecule has 0 bridgehead atoms. The molecule has 0 fully saturated rings. The average Bonchev–Trinajstić information content (AvgIpc) is 2.70. The topological polar surface area (TPSA) is 78.7 Å². The molecule has 7 heteroatoms. The molecule has 0 saturated heterocycles. The molecule has 0 aliphatic carbocycles. The molecule has 2 rings (SSSR count). The highest BCUT2D eigenvalue weighted by Crippen LogP contribution is 2.24. The van der Waals surface area contributed by atoms with Gasteiger partial charge in [0, 0.05) is 10.2 Å². The van der Waals surface area contributed by atoms with Gasteiger partial charge >= 0.3 is 0 Å². The number of halogens is 1. The second-order valence-corrected chi connectivity index (χ2v) is 5.20. The minimum atomic E-state index is -0.572. The van der Waals surface area contributed by atoms with Crippen molar-refractivity contribution in [3.8, 4) is 0 Å². The number of anilines is 1. The fourth-order valence-electron chi connectivity index (χ4n) is 1.94. The summed E-state index contributed by atoms with van der Waals surface area (Å²) in [6.07, 6.45) is 0. The van der Waals surface area contributed by atoms with Crippen molar-refractivity contribution in [1.29, 1.82) is 0 Å². The molecule has 0 radical (unpaired) electrons. The summed E-state index contributed by atoms with van der Waals surface area (Å²) in [4.78, 5) is 15.7. The number of amides is 1. The molecule has 0 aliphatic rings. The Balaban J connectivity index is 2.43. The Morgan fingerprint density at radius 3 is 2.74 bits per heavy atom. The van der Waals surface area contributed by atoms with Gasteiger partial charge in [0.25, 0.3) is 5.91 Å². The summed E-state index contributed by atoms with van der Waals surface area (Å²) in [5.74, 6) is 0.117. The van der Waals surface area contributed by atoms with E-state index >= 15 is 0 Å². The third-order valence-corrected chi connectivity index (χ3v) is 3.89. The van der Waals surface area contributed by atoms with E-state index in [9.17, 15) is 4.79 Å². The Morgan fingerprint density at radius 1 is 1.42 bits per heavy atom. The van der Waals surface area contributed by atoms with Crippen molar-refractivity contribution in [2.45, 2.75) is 26.8 Å². The van der Waals surface area contributed by atoms with Crippen LogP contribution in [0.5, 0.6) is 0 Å². The van der Waals surface area contributed by atoms with Crippen molar-refractivity contribution in [3.05, 3.63) is 28.0 Å². The predicted octanol–water partition coefficient (Wildman–Crippen LogP) is 2.02. The van der Waals surface area contributed by atoms with Crippen LogP contribution in [0.3, 0.4) is 0 Å². The Bertz CT molecular complexity index is 638. The maximum Gasteiger partial charge on any atom is 0.265 e. The number of nitrogens with one attached hydrogen (secondary N) is 2. The van der Waals surface area contributed by atoms with E-state index in [-0.39, 0.29) is 0 Å². The number of hydroxylamine groups is 1. The first-order chi connectivity index (χ1) is 8.95. The van der Waals surface area contributed by atoms with Crippen LogP contribution in [0.2, 0.25) is 0 Å². The van der Waals surface area contributed by atoms with E-state index in [2.05, 4.69) is 26.2 Å². The third kappa shape index (κ3) is 2.43. The van der Waals surface area contributed by atoms with Gasteiger partial charge in [0.15, 0.2) is 0 Å². The molecule has 2 aromatic heterocycles. The highest BCUT2D eigenvalue weighted by atomic mass is 79.9. The average molecular weight is 327 g/mol. The van der Waals surface area contributed by atoms with Crippen molar-refractivity contribution in [2.75, 3.05) is 5.32 Å². The molecule has 1 amide bonds. The smallest absolute Gasteiger partial charge is 0.265 e. The Morgan fingerprint density at radius 2 is 2.11 bits per heavy atom. The maximum absolute atomic E-state index is 11.3. The molecular formula is C12H15BrN4O2. The lowest BCUT2D eigenvalue weighted by molar-refractivity contribution is -0.129. The molecule has 0 saturated carbocycles. The lowest BCUT2D eigenvalue weighted by atomic mass is 10.3. The van der Waals surface area contributed by atoms with E-state index in [0.717, 1.165) is 21.5 Å². The minimum Gasteiger partial charge on any atom is -0.357 e. The molecule has 2 heterocycles. The van der Waals surface area contributed by atoms with Crippen LogP contribution >= 0.6 is 15.9 Å². The van der Waals surface area contributed by atoms with E-state index in [4.69, 9.17) is 5.21 Å². The molecule has 1 atom stereocenters. The fraction of sp³-hybridized carbons (Fsp3) is 0.333. The standard InChI is InChI=1S/C12H15BrN4O2/c1-6(12(18)16-19)14-11-8(3)17-7(2)9(13)4-5-10(17)15-11/h4-6,14,19H,1-3H3,(H,16,18). The zero-order valence-corrected chi connectivity index (χ0v) is 12.4. The lowest BCUT2D eigenvalue weighted by Gasteiger charge is -2.11. The van der Waals surface area contributed by atoms with Crippen LogP contribution in [-0.2, 0) is 4.79 Å². The van der Waals surface area contributed by atoms with Crippen LogP contribution in [0.4, 0.5) is 5.82 Å². The lowest BCUT2D eigenvalue weighted by Crippen LogP contribution is -2.35.